The molecule has 4 aromatic heterocycles. The maximum absolute atomic E-state index is 12.8. The van der Waals surface area contributed by atoms with E-state index in [4.69, 9.17) is 33.6 Å². The number of benzene rings is 1. The van der Waals surface area contributed by atoms with Crippen LogP contribution in [0.5, 0.6) is 5.88 Å². The number of furan rings is 1. The molecule has 50 heavy (non-hydrogen) atoms. The molecule has 3 aliphatic rings. The molecule has 13 nitrogen and oxygen atoms in total. The van der Waals surface area contributed by atoms with E-state index in [0.717, 1.165) is 28.0 Å². The number of para-hydroxylation sites is 1. The molecule has 3 aliphatic heterocycles. The van der Waals surface area contributed by atoms with E-state index in [1.54, 1.807) is 15.8 Å². The Hall–Kier alpha value is -5.19. The number of aryl methyl sites for hydroxylation is 2. The zero-order chi connectivity index (χ0) is 34.7. The number of carbonyl (C=O) groups is 1. The Morgan fingerprint density at radius 1 is 1.14 bits per heavy atom. The third-order valence-corrected chi connectivity index (χ3v) is 9.96. The Morgan fingerprint density at radius 2 is 1.96 bits per heavy atom. The molecule has 7 heterocycles. The maximum Gasteiger partial charge on any atom is 0.326 e. The highest BCUT2D eigenvalue weighted by atomic mass is 16.6. The fourth-order valence-corrected chi connectivity index (χ4v) is 7.13. The molecule has 0 saturated carbocycles. The fourth-order valence-electron chi connectivity index (χ4n) is 7.13. The molecular formula is C37H39N7O6. The summed E-state index contributed by atoms with van der Waals surface area (Å²) in [5, 5.41) is 15.7. The number of carboxylic acids is 1. The van der Waals surface area contributed by atoms with Crippen molar-refractivity contribution in [3.63, 3.8) is 0 Å². The van der Waals surface area contributed by atoms with Crippen molar-refractivity contribution in [2.45, 2.75) is 63.8 Å². The van der Waals surface area contributed by atoms with Crippen LogP contribution in [0.25, 0.3) is 22.1 Å². The summed E-state index contributed by atoms with van der Waals surface area (Å²) >= 11 is 0. The number of anilines is 2. The first-order valence-electron chi connectivity index (χ1n) is 17.0. The quantitative estimate of drug-likeness (QED) is 0.254. The minimum absolute atomic E-state index is 0.0138. The summed E-state index contributed by atoms with van der Waals surface area (Å²) in [6.45, 7) is 10.5. The van der Waals surface area contributed by atoms with Gasteiger partial charge in [0.05, 0.1) is 38.1 Å². The van der Waals surface area contributed by atoms with Crippen molar-refractivity contribution >= 4 is 39.5 Å². The van der Waals surface area contributed by atoms with Gasteiger partial charge in [0.15, 0.2) is 11.4 Å². The lowest BCUT2D eigenvalue weighted by atomic mass is 9.90. The topological polar surface area (TPSA) is 141 Å². The summed E-state index contributed by atoms with van der Waals surface area (Å²) in [4.78, 5) is 31.3. The van der Waals surface area contributed by atoms with E-state index in [-0.39, 0.29) is 24.9 Å². The third kappa shape index (κ3) is 5.48. The van der Waals surface area contributed by atoms with Crippen LogP contribution in [-0.2, 0) is 21.3 Å². The Kier molecular flexibility index (Phi) is 7.88. The van der Waals surface area contributed by atoms with Gasteiger partial charge in [0.25, 0.3) is 0 Å². The van der Waals surface area contributed by atoms with Crippen LogP contribution in [0.3, 0.4) is 0 Å². The molecule has 8 rings (SSSR count). The highest BCUT2D eigenvalue weighted by Crippen LogP contribution is 2.41. The summed E-state index contributed by atoms with van der Waals surface area (Å²) in [7, 11) is 1.87. The van der Waals surface area contributed by atoms with Crippen molar-refractivity contribution < 1.29 is 28.5 Å². The standard InChI is InChI=1S/C37H39N7O6/c1-21(2)33-39-31-27-8-6-7-9-30(27)50-32(31)34(40-33)44-18-26(16-29(44)36(45)46)49-35-28(43-12-13-48-37(23(43)4)19-47-20-37)15-24(17-38-35)10-11-25-14-22(3)41-42(25)5/h6-9,14-15,17,21,23,26,29H,12-13,16,18-20H2,1-5H3,(H,45,46)/t23-,26-,29-/m0/s1. The molecule has 1 aromatic carbocycles. The number of nitrogens with zero attached hydrogens (tertiary/aromatic N) is 7. The molecule has 258 valence electrons. The lowest BCUT2D eigenvalue weighted by Gasteiger charge is -2.53. The zero-order valence-corrected chi connectivity index (χ0v) is 28.7. The van der Waals surface area contributed by atoms with Crippen molar-refractivity contribution in [3.05, 3.63) is 65.4 Å². The molecule has 3 atom stereocenters. The number of morpholine rings is 1. The summed E-state index contributed by atoms with van der Waals surface area (Å²) in [6, 6.07) is 10.7. The first-order chi connectivity index (χ1) is 24.1. The number of pyridine rings is 1. The van der Waals surface area contributed by atoms with Gasteiger partial charge in [0.2, 0.25) is 5.88 Å². The number of fused-ring (bicyclic) bond motifs is 3. The SMILES string of the molecule is Cc1cc(C#Cc2cnc(O[C@H]3C[C@@H](C(=O)O)N(c4nc(C(C)C)nc5c4oc4ccccc45)C3)c(N3CCOC4(COC4)[C@@H]3C)c2)n(C)n1. The summed E-state index contributed by atoms with van der Waals surface area (Å²) in [6.07, 6.45) is 1.41. The van der Waals surface area contributed by atoms with E-state index in [9.17, 15) is 9.90 Å². The molecule has 13 heteroatoms. The van der Waals surface area contributed by atoms with Crippen LogP contribution < -0.4 is 14.5 Å². The minimum atomic E-state index is -0.969. The predicted octanol–water partition coefficient (Wildman–Crippen LogP) is 4.44. The molecule has 3 saturated heterocycles. The average molecular weight is 678 g/mol. The Balaban J connectivity index is 1.16. The number of rotatable bonds is 6. The molecule has 0 aliphatic carbocycles. The van der Waals surface area contributed by atoms with E-state index in [1.165, 1.54) is 0 Å². The molecule has 0 bridgehead atoms. The smallest absolute Gasteiger partial charge is 0.326 e. The highest BCUT2D eigenvalue weighted by molar-refractivity contribution is 6.06. The van der Waals surface area contributed by atoms with Crippen molar-refractivity contribution in [2.24, 2.45) is 7.05 Å². The summed E-state index contributed by atoms with van der Waals surface area (Å²) in [5.74, 6) is 6.98. The van der Waals surface area contributed by atoms with Gasteiger partial charge in [-0.15, -0.1) is 0 Å². The second-order valence-corrected chi connectivity index (χ2v) is 13.7. The monoisotopic (exact) mass is 677 g/mol. The van der Waals surface area contributed by atoms with E-state index in [2.05, 4.69) is 28.8 Å². The first-order valence-corrected chi connectivity index (χ1v) is 17.0. The Labute approximate surface area is 289 Å². The van der Waals surface area contributed by atoms with Crippen molar-refractivity contribution in [1.82, 2.24) is 24.7 Å². The second-order valence-electron chi connectivity index (χ2n) is 13.7. The lowest BCUT2D eigenvalue weighted by molar-refractivity contribution is -0.228. The number of ether oxygens (including phenoxy) is 3. The lowest BCUT2D eigenvalue weighted by Crippen LogP contribution is -2.68. The third-order valence-electron chi connectivity index (χ3n) is 9.96. The van der Waals surface area contributed by atoms with Crippen LogP contribution >= 0.6 is 0 Å². The molecule has 5 aromatic rings. The summed E-state index contributed by atoms with van der Waals surface area (Å²) in [5.41, 5.74) is 4.56. The van der Waals surface area contributed by atoms with Crippen LogP contribution in [0.15, 0.2) is 47.0 Å². The van der Waals surface area contributed by atoms with Gasteiger partial charge in [-0.05, 0) is 44.0 Å². The molecule has 1 spiro atoms. The van der Waals surface area contributed by atoms with Crippen LogP contribution in [0.1, 0.15) is 55.9 Å². The van der Waals surface area contributed by atoms with Gasteiger partial charge in [-0.3, -0.25) is 4.68 Å². The number of hydrogen-bond acceptors (Lipinski definition) is 11. The number of hydrogen-bond donors (Lipinski definition) is 1. The molecule has 0 unspecified atom stereocenters. The number of aromatic nitrogens is 5. The van der Waals surface area contributed by atoms with Crippen molar-refractivity contribution in [3.8, 4) is 17.7 Å². The van der Waals surface area contributed by atoms with Gasteiger partial charge in [0, 0.05) is 43.1 Å². The maximum atomic E-state index is 12.8. The normalized spacial score (nSPS) is 21.5. The van der Waals surface area contributed by atoms with Gasteiger partial charge >= 0.3 is 5.97 Å². The van der Waals surface area contributed by atoms with E-state index < -0.39 is 23.7 Å². The van der Waals surface area contributed by atoms with Crippen LogP contribution in [0.2, 0.25) is 0 Å². The Morgan fingerprint density at radius 3 is 2.68 bits per heavy atom. The van der Waals surface area contributed by atoms with E-state index >= 15 is 0 Å². The van der Waals surface area contributed by atoms with Gasteiger partial charge < -0.3 is 33.5 Å². The highest BCUT2D eigenvalue weighted by Gasteiger charge is 2.50. The van der Waals surface area contributed by atoms with Crippen LogP contribution in [-0.4, -0.2) is 92.5 Å². The predicted molar refractivity (Wildman–Crippen MR) is 186 cm³/mol. The van der Waals surface area contributed by atoms with E-state index in [0.29, 0.717) is 60.6 Å². The van der Waals surface area contributed by atoms with Crippen molar-refractivity contribution in [2.75, 3.05) is 42.7 Å². The first kappa shape index (κ1) is 32.0. The number of carboxylic acid groups (broad SMARTS) is 1. The zero-order valence-electron chi connectivity index (χ0n) is 28.7. The van der Waals surface area contributed by atoms with Gasteiger partial charge in [-0.25, -0.2) is 19.7 Å². The van der Waals surface area contributed by atoms with Crippen LogP contribution in [0, 0.1) is 18.8 Å². The van der Waals surface area contributed by atoms with E-state index in [1.807, 2.05) is 64.2 Å². The number of aliphatic carboxylic acids is 1. The molecule has 0 radical (unpaired) electrons. The molecular weight excluding hydrogens is 638 g/mol. The van der Waals surface area contributed by atoms with Crippen LogP contribution in [0.4, 0.5) is 11.5 Å². The van der Waals surface area contributed by atoms with Crippen molar-refractivity contribution in [1.29, 1.82) is 0 Å². The molecule has 1 N–H and O–H groups in total. The minimum Gasteiger partial charge on any atom is -0.480 e. The average Bonchev–Trinajstić information content (AvgIpc) is 3.77. The molecule has 0 amide bonds. The fraction of sp³-hybridized carbons (Fsp3) is 0.432. The Bertz CT molecular complexity index is 2180. The largest absolute Gasteiger partial charge is 0.480 e. The summed E-state index contributed by atoms with van der Waals surface area (Å²) < 4.78 is 26.5. The van der Waals surface area contributed by atoms with Gasteiger partial charge in [-0.1, -0.05) is 31.9 Å². The molecule has 3 fully saturated rings. The van der Waals surface area contributed by atoms with Gasteiger partial charge in [0.1, 0.15) is 46.1 Å². The second kappa shape index (κ2) is 12.3. The van der Waals surface area contributed by atoms with Gasteiger partial charge in [-0.2, -0.15) is 5.10 Å².